The quantitative estimate of drug-likeness (QED) is 0.773. The summed E-state index contributed by atoms with van der Waals surface area (Å²) < 4.78 is 11.1. The van der Waals surface area contributed by atoms with Gasteiger partial charge in [-0.15, -0.1) is 5.10 Å². The summed E-state index contributed by atoms with van der Waals surface area (Å²) in [6, 6.07) is 9.80. The number of para-hydroxylation sites is 1. The molecule has 0 atom stereocenters. The highest BCUT2D eigenvalue weighted by Gasteiger charge is 2.01. The fraction of sp³-hybridized carbons (Fsp3) is 0.333. The highest BCUT2D eigenvalue weighted by molar-refractivity contribution is 5.31. The van der Waals surface area contributed by atoms with E-state index in [0.29, 0.717) is 19.1 Å². The summed E-state index contributed by atoms with van der Waals surface area (Å²) in [7, 11) is 0. The third kappa shape index (κ3) is 3.68. The van der Waals surface area contributed by atoms with Gasteiger partial charge in [-0.25, -0.2) is 0 Å². The van der Waals surface area contributed by atoms with Gasteiger partial charge in [-0.1, -0.05) is 18.2 Å². The molecule has 0 spiro atoms. The van der Waals surface area contributed by atoms with Crippen LogP contribution in [-0.4, -0.2) is 23.4 Å². The molecule has 0 unspecified atom stereocenters. The zero-order valence-electron chi connectivity index (χ0n) is 11.5. The number of hydrogen-bond donors (Lipinski definition) is 0. The fourth-order valence-corrected chi connectivity index (χ4v) is 1.61. The van der Waals surface area contributed by atoms with Gasteiger partial charge in [0.1, 0.15) is 19.0 Å². The van der Waals surface area contributed by atoms with Gasteiger partial charge < -0.3 is 9.47 Å². The van der Waals surface area contributed by atoms with Crippen molar-refractivity contribution in [2.24, 2.45) is 0 Å². The van der Waals surface area contributed by atoms with Gasteiger partial charge in [0.25, 0.3) is 0 Å². The standard InChI is InChI=1S/C15H18N2O2/c1-11-6-4-5-7-14(11)18-8-9-19-15-10-12(2)13(3)16-17-15/h4-7,10H,8-9H2,1-3H3. The van der Waals surface area contributed by atoms with Crippen molar-refractivity contribution in [3.63, 3.8) is 0 Å². The van der Waals surface area contributed by atoms with Gasteiger partial charge in [0.05, 0.1) is 5.69 Å². The first-order chi connectivity index (χ1) is 9.16. The molecule has 1 aromatic heterocycles. The number of rotatable bonds is 5. The van der Waals surface area contributed by atoms with Crippen LogP contribution < -0.4 is 9.47 Å². The molecule has 2 aromatic rings. The van der Waals surface area contributed by atoms with Crippen LogP contribution in [0.4, 0.5) is 0 Å². The van der Waals surface area contributed by atoms with Gasteiger partial charge in [0, 0.05) is 6.07 Å². The second-order valence-corrected chi connectivity index (χ2v) is 4.41. The summed E-state index contributed by atoms with van der Waals surface area (Å²) in [6.45, 7) is 6.87. The highest BCUT2D eigenvalue weighted by atomic mass is 16.5. The number of aryl methyl sites for hydroxylation is 3. The molecule has 1 heterocycles. The molecule has 0 amide bonds. The molecule has 0 N–H and O–H groups in total. The first-order valence-corrected chi connectivity index (χ1v) is 6.29. The molecule has 19 heavy (non-hydrogen) atoms. The van der Waals surface area contributed by atoms with E-state index in [4.69, 9.17) is 9.47 Å². The van der Waals surface area contributed by atoms with Crippen LogP contribution in [-0.2, 0) is 0 Å². The van der Waals surface area contributed by atoms with Gasteiger partial charge in [-0.2, -0.15) is 5.10 Å². The molecule has 100 valence electrons. The minimum absolute atomic E-state index is 0.450. The Morgan fingerprint density at radius 1 is 0.895 bits per heavy atom. The Hall–Kier alpha value is -2.10. The average molecular weight is 258 g/mol. The summed E-state index contributed by atoms with van der Waals surface area (Å²) in [5, 5.41) is 7.99. The molecule has 4 nitrogen and oxygen atoms in total. The van der Waals surface area contributed by atoms with Crippen LogP contribution in [0.3, 0.4) is 0 Å². The summed E-state index contributed by atoms with van der Waals surface area (Å²) in [5.74, 6) is 1.42. The van der Waals surface area contributed by atoms with E-state index in [1.807, 2.05) is 51.1 Å². The second-order valence-electron chi connectivity index (χ2n) is 4.41. The van der Waals surface area contributed by atoms with Gasteiger partial charge in [-0.3, -0.25) is 0 Å². The number of aromatic nitrogens is 2. The molecule has 2 rings (SSSR count). The van der Waals surface area contributed by atoms with Crippen molar-refractivity contribution < 1.29 is 9.47 Å². The maximum atomic E-state index is 5.64. The first-order valence-electron chi connectivity index (χ1n) is 6.29. The van der Waals surface area contributed by atoms with Crippen molar-refractivity contribution in [1.82, 2.24) is 10.2 Å². The zero-order chi connectivity index (χ0) is 13.7. The number of hydrogen-bond acceptors (Lipinski definition) is 4. The van der Waals surface area contributed by atoms with Crippen LogP contribution in [0.15, 0.2) is 30.3 Å². The Kier molecular flexibility index (Phi) is 4.34. The van der Waals surface area contributed by atoms with Crippen molar-refractivity contribution in [2.75, 3.05) is 13.2 Å². The van der Waals surface area contributed by atoms with Crippen LogP contribution >= 0.6 is 0 Å². The predicted octanol–water partition coefficient (Wildman–Crippen LogP) is 2.86. The molecule has 0 bridgehead atoms. The van der Waals surface area contributed by atoms with E-state index in [1.165, 1.54) is 0 Å². The molecule has 0 fully saturated rings. The SMILES string of the molecule is Cc1ccccc1OCCOc1cc(C)c(C)nn1. The van der Waals surface area contributed by atoms with E-state index < -0.39 is 0 Å². The third-order valence-corrected chi connectivity index (χ3v) is 2.89. The lowest BCUT2D eigenvalue weighted by Gasteiger charge is -2.09. The minimum Gasteiger partial charge on any atom is -0.490 e. The van der Waals surface area contributed by atoms with Gasteiger partial charge in [0.2, 0.25) is 5.88 Å². The molecule has 4 heteroatoms. The zero-order valence-corrected chi connectivity index (χ0v) is 11.5. The van der Waals surface area contributed by atoms with Gasteiger partial charge in [-0.05, 0) is 38.0 Å². The third-order valence-electron chi connectivity index (χ3n) is 2.89. The Labute approximate surface area is 113 Å². The first kappa shape index (κ1) is 13.3. The predicted molar refractivity (Wildman–Crippen MR) is 73.7 cm³/mol. The van der Waals surface area contributed by atoms with Gasteiger partial charge in [0.15, 0.2) is 0 Å². The number of benzene rings is 1. The minimum atomic E-state index is 0.450. The maximum absolute atomic E-state index is 5.64. The van der Waals surface area contributed by atoms with E-state index in [2.05, 4.69) is 10.2 Å². The van der Waals surface area contributed by atoms with E-state index in [0.717, 1.165) is 22.6 Å². The summed E-state index contributed by atoms with van der Waals surface area (Å²) in [6.07, 6.45) is 0. The molecule has 0 radical (unpaired) electrons. The summed E-state index contributed by atoms with van der Waals surface area (Å²) >= 11 is 0. The largest absolute Gasteiger partial charge is 0.490 e. The highest BCUT2D eigenvalue weighted by Crippen LogP contribution is 2.16. The topological polar surface area (TPSA) is 44.2 Å². The van der Waals surface area contributed by atoms with Crippen LogP contribution in [0.1, 0.15) is 16.8 Å². The van der Waals surface area contributed by atoms with Crippen LogP contribution in [0.25, 0.3) is 0 Å². The Morgan fingerprint density at radius 2 is 1.63 bits per heavy atom. The molecule has 0 aliphatic carbocycles. The van der Waals surface area contributed by atoms with Crippen LogP contribution in [0.5, 0.6) is 11.6 Å². The van der Waals surface area contributed by atoms with Crippen LogP contribution in [0.2, 0.25) is 0 Å². The molecule has 0 saturated carbocycles. The summed E-state index contributed by atoms with van der Waals surface area (Å²) in [5.41, 5.74) is 3.11. The van der Waals surface area contributed by atoms with E-state index in [-0.39, 0.29) is 0 Å². The van der Waals surface area contributed by atoms with E-state index in [1.54, 1.807) is 0 Å². The normalized spacial score (nSPS) is 10.3. The van der Waals surface area contributed by atoms with Crippen molar-refractivity contribution in [2.45, 2.75) is 20.8 Å². The van der Waals surface area contributed by atoms with Crippen molar-refractivity contribution in [1.29, 1.82) is 0 Å². The maximum Gasteiger partial charge on any atom is 0.233 e. The molecular formula is C15H18N2O2. The number of nitrogens with zero attached hydrogens (tertiary/aromatic N) is 2. The number of ether oxygens (including phenoxy) is 2. The molecule has 1 aromatic carbocycles. The lowest BCUT2D eigenvalue weighted by Crippen LogP contribution is -2.10. The van der Waals surface area contributed by atoms with Crippen molar-refractivity contribution >= 4 is 0 Å². The lowest BCUT2D eigenvalue weighted by molar-refractivity contribution is 0.209. The lowest BCUT2D eigenvalue weighted by atomic mass is 10.2. The van der Waals surface area contributed by atoms with Crippen LogP contribution in [0, 0.1) is 20.8 Å². The Morgan fingerprint density at radius 3 is 2.37 bits per heavy atom. The van der Waals surface area contributed by atoms with Crippen molar-refractivity contribution in [3.05, 3.63) is 47.2 Å². The Bertz CT molecular complexity index is 556. The smallest absolute Gasteiger partial charge is 0.233 e. The molecule has 0 aliphatic heterocycles. The van der Waals surface area contributed by atoms with E-state index in [9.17, 15) is 0 Å². The second kappa shape index (κ2) is 6.18. The molecule has 0 saturated heterocycles. The average Bonchev–Trinajstić information content (AvgIpc) is 2.40. The molecular weight excluding hydrogens is 240 g/mol. The van der Waals surface area contributed by atoms with E-state index >= 15 is 0 Å². The summed E-state index contributed by atoms with van der Waals surface area (Å²) in [4.78, 5) is 0. The monoisotopic (exact) mass is 258 g/mol. The fourth-order valence-electron chi connectivity index (χ4n) is 1.61. The molecule has 0 aliphatic rings. The Balaban J connectivity index is 1.81. The van der Waals surface area contributed by atoms with Crippen molar-refractivity contribution in [3.8, 4) is 11.6 Å². The van der Waals surface area contributed by atoms with Gasteiger partial charge >= 0.3 is 0 Å².